The summed E-state index contributed by atoms with van der Waals surface area (Å²) in [5.74, 6) is 0. The van der Waals surface area contributed by atoms with Crippen molar-refractivity contribution in [2.75, 3.05) is 14.1 Å². The summed E-state index contributed by atoms with van der Waals surface area (Å²) in [5.41, 5.74) is 3.61. The number of para-hydroxylation sites is 1. The molecule has 0 spiro atoms. The molecule has 1 saturated carbocycles. The lowest BCUT2D eigenvalue weighted by Crippen LogP contribution is -2.39. The summed E-state index contributed by atoms with van der Waals surface area (Å²) in [6.45, 7) is 0. The van der Waals surface area contributed by atoms with Crippen molar-refractivity contribution in [1.82, 2.24) is 9.88 Å². The largest absolute Gasteiger partial charge is 0.305 e. The van der Waals surface area contributed by atoms with E-state index in [1.54, 1.807) is 0 Å². The normalized spacial score (nSPS) is 19.8. The minimum atomic E-state index is 0. The fourth-order valence-electron chi connectivity index (χ4n) is 3.96. The molecule has 0 amide bonds. The first kappa shape index (κ1) is 20.2. The quantitative estimate of drug-likeness (QED) is 0.513. The number of fused-ring (bicyclic) bond motifs is 1. The molecular weight excluding hydrogens is 372 g/mol. The lowest BCUT2D eigenvalue weighted by atomic mass is 9.94. The summed E-state index contributed by atoms with van der Waals surface area (Å²) >= 11 is 1.98. The Hall–Kier alpha value is -1.55. The molecule has 0 N–H and O–H groups in total. The molecular formula is C23H27ClN2S. The van der Waals surface area contributed by atoms with Crippen molar-refractivity contribution in [3.63, 3.8) is 0 Å². The Labute approximate surface area is 172 Å². The van der Waals surface area contributed by atoms with Crippen LogP contribution in [-0.2, 0) is 0 Å². The van der Waals surface area contributed by atoms with Gasteiger partial charge < -0.3 is 4.90 Å². The zero-order valence-electron chi connectivity index (χ0n) is 16.0. The maximum Gasteiger partial charge on any atom is 0.105 e. The van der Waals surface area contributed by atoms with Crippen LogP contribution in [-0.4, -0.2) is 35.3 Å². The van der Waals surface area contributed by atoms with E-state index in [4.69, 9.17) is 4.98 Å². The molecule has 1 aromatic heterocycles. The topological polar surface area (TPSA) is 16.1 Å². The van der Waals surface area contributed by atoms with Gasteiger partial charge in [0, 0.05) is 22.2 Å². The lowest BCUT2D eigenvalue weighted by Gasteiger charge is -2.35. The first-order chi connectivity index (χ1) is 12.7. The molecule has 0 aliphatic heterocycles. The molecule has 4 heteroatoms. The Morgan fingerprint density at radius 2 is 1.63 bits per heavy atom. The second-order valence-electron chi connectivity index (χ2n) is 7.37. The molecule has 0 saturated heterocycles. The van der Waals surface area contributed by atoms with Crippen molar-refractivity contribution >= 4 is 35.1 Å². The molecule has 0 radical (unpaired) electrons. The highest BCUT2D eigenvalue weighted by molar-refractivity contribution is 8.00. The van der Waals surface area contributed by atoms with Gasteiger partial charge in [0.1, 0.15) is 5.03 Å². The second-order valence-corrected chi connectivity index (χ2v) is 8.60. The molecule has 0 bridgehead atoms. The maximum atomic E-state index is 5.08. The fraction of sp³-hybridized carbons (Fsp3) is 0.348. The smallest absolute Gasteiger partial charge is 0.105 e. The number of pyridine rings is 1. The second kappa shape index (κ2) is 9.09. The van der Waals surface area contributed by atoms with Gasteiger partial charge in [0.25, 0.3) is 0 Å². The standard InChI is InChI=1S/C23H26N2S.ClH/c1-25(2)21-14-8-9-15-22(21)26-23-19(17-10-4-3-5-11-17)16-18-12-6-7-13-20(18)24-23;/h3-7,10-13,16,21-22H,8-9,14-15H2,1-2H3;1H/t21-,22-;/m1./s1. The first-order valence-corrected chi connectivity index (χ1v) is 10.4. The van der Waals surface area contributed by atoms with E-state index in [1.165, 1.54) is 47.2 Å². The van der Waals surface area contributed by atoms with E-state index in [2.05, 4.69) is 79.7 Å². The zero-order valence-corrected chi connectivity index (χ0v) is 17.6. The van der Waals surface area contributed by atoms with Crippen LogP contribution in [0, 0.1) is 0 Å². The number of rotatable bonds is 4. The van der Waals surface area contributed by atoms with E-state index in [-0.39, 0.29) is 12.4 Å². The van der Waals surface area contributed by atoms with Crippen molar-refractivity contribution in [2.45, 2.75) is 42.0 Å². The molecule has 1 aliphatic rings. The van der Waals surface area contributed by atoms with Crippen LogP contribution in [0.15, 0.2) is 65.7 Å². The van der Waals surface area contributed by atoms with E-state index in [9.17, 15) is 0 Å². The third kappa shape index (κ3) is 4.48. The van der Waals surface area contributed by atoms with Crippen LogP contribution in [0.2, 0.25) is 0 Å². The summed E-state index contributed by atoms with van der Waals surface area (Å²) in [7, 11) is 4.44. The molecule has 4 rings (SSSR count). The highest BCUT2D eigenvalue weighted by Crippen LogP contribution is 2.40. The summed E-state index contributed by atoms with van der Waals surface area (Å²) in [4.78, 5) is 7.49. The third-order valence-electron chi connectivity index (χ3n) is 5.37. The lowest BCUT2D eigenvalue weighted by molar-refractivity contribution is 0.236. The van der Waals surface area contributed by atoms with Gasteiger partial charge in [-0.25, -0.2) is 4.98 Å². The fourth-order valence-corrected chi connectivity index (χ4v) is 5.52. The molecule has 142 valence electrons. The summed E-state index contributed by atoms with van der Waals surface area (Å²) in [5, 5.41) is 2.99. The molecule has 2 aromatic carbocycles. The molecule has 0 unspecified atom stereocenters. The van der Waals surface area contributed by atoms with Gasteiger partial charge in [-0.15, -0.1) is 24.2 Å². The highest BCUT2D eigenvalue weighted by Gasteiger charge is 2.28. The number of thioether (sulfide) groups is 1. The average molecular weight is 399 g/mol. The van der Waals surface area contributed by atoms with E-state index in [0.29, 0.717) is 11.3 Å². The minimum Gasteiger partial charge on any atom is -0.305 e. The predicted octanol–water partition coefficient (Wildman–Crippen LogP) is 6.29. The Morgan fingerprint density at radius 3 is 2.41 bits per heavy atom. The SMILES string of the molecule is CN(C)[C@@H]1CCCC[C@H]1Sc1nc2ccccc2cc1-c1ccccc1.Cl. The van der Waals surface area contributed by atoms with Crippen molar-refractivity contribution in [2.24, 2.45) is 0 Å². The Balaban J connectivity index is 0.00000210. The van der Waals surface area contributed by atoms with Crippen LogP contribution in [0.3, 0.4) is 0 Å². The van der Waals surface area contributed by atoms with Gasteiger partial charge in [-0.1, -0.05) is 61.4 Å². The number of halogens is 1. The van der Waals surface area contributed by atoms with E-state index >= 15 is 0 Å². The first-order valence-electron chi connectivity index (χ1n) is 9.50. The third-order valence-corrected chi connectivity index (χ3v) is 6.75. The van der Waals surface area contributed by atoms with Crippen LogP contribution >= 0.6 is 24.2 Å². The molecule has 1 fully saturated rings. The molecule has 27 heavy (non-hydrogen) atoms. The summed E-state index contributed by atoms with van der Waals surface area (Å²) in [6.07, 6.45) is 5.24. The van der Waals surface area contributed by atoms with Gasteiger partial charge in [0.2, 0.25) is 0 Å². The van der Waals surface area contributed by atoms with Gasteiger partial charge in [-0.2, -0.15) is 0 Å². The highest BCUT2D eigenvalue weighted by atomic mass is 35.5. The number of nitrogens with zero attached hydrogens (tertiary/aromatic N) is 2. The Bertz CT molecular complexity index is 882. The number of aromatic nitrogens is 1. The van der Waals surface area contributed by atoms with Crippen molar-refractivity contribution in [3.05, 3.63) is 60.7 Å². The Morgan fingerprint density at radius 1 is 0.926 bits per heavy atom. The van der Waals surface area contributed by atoms with Gasteiger partial charge >= 0.3 is 0 Å². The van der Waals surface area contributed by atoms with E-state index in [0.717, 1.165) is 5.52 Å². The van der Waals surface area contributed by atoms with Crippen LogP contribution in [0.25, 0.3) is 22.0 Å². The van der Waals surface area contributed by atoms with Crippen molar-refractivity contribution in [1.29, 1.82) is 0 Å². The molecule has 2 nitrogen and oxygen atoms in total. The van der Waals surface area contributed by atoms with Crippen LogP contribution in [0.4, 0.5) is 0 Å². The summed E-state index contributed by atoms with van der Waals surface area (Å²) < 4.78 is 0. The van der Waals surface area contributed by atoms with Crippen LogP contribution in [0.5, 0.6) is 0 Å². The molecule has 2 atom stereocenters. The minimum absolute atomic E-state index is 0. The van der Waals surface area contributed by atoms with Crippen LogP contribution in [0.1, 0.15) is 25.7 Å². The van der Waals surface area contributed by atoms with Gasteiger partial charge in [-0.3, -0.25) is 0 Å². The zero-order chi connectivity index (χ0) is 17.9. The molecule has 1 aliphatic carbocycles. The van der Waals surface area contributed by atoms with Gasteiger partial charge in [0.05, 0.1) is 5.52 Å². The number of hydrogen-bond donors (Lipinski definition) is 0. The Kier molecular flexibility index (Phi) is 6.80. The van der Waals surface area contributed by atoms with Crippen LogP contribution < -0.4 is 0 Å². The average Bonchev–Trinajstić information content (AvgIpc) is 2.68. The number of benzene rings is 2. The maximum absolute atomic E-state index is 5.08. The van der Waals surface area contributed by atoms with E-state index in [1.807, 2.05) is 11.8 Å². The monoisotopic (exact) mass is 398 g/mol. The van der Waals surface area contributed by atoms with Gasteiger partial charge in [0.15, 0.2) is 0 Å². The van der Waals surface area contributed by atoms with Crippen molar-refractivity contribution in [3.8, 4) is 11.1 Å². The molecule has 3 aromatic rings. The molecule has 1 heterocycles. The predicted molar refractivity (Wildman–Crippen MR) is 120 cm³/mol. The summed E-state index contributed by atoms with van der Waals surface area (Å²) in [6, 6.07) is 22.1. The van der Waals surface area contributed by atoms with Crippen molar-refractivity contribution < 1.29 is 0 Å². The van der Waals surface area contributed by atoms with E-state index < -0.39 is 0 Å². The number of hydrogen-bond acceptors (Lipinski definition) is 3. The van der Waals surface area contributed by atoms with Gasteiger partial charge in [-0.05, 0) is 44.6 Å².